The molecule has 2 unspecified atom stereocenters. The van der Waals surface area contributed by atoms with Gasteiger partial charge in [0, 0.05) is 18.0 Å². The van der Waals surface area contributed by atoms with Crippen molar-refractivity contribution in [2.45, 2.75) is 32.9 Å². The van der Waals surface area contributed by atoms with Crippen molar-refractivity contribution >= 4 is 17.1 Å². The number of hydrogen-bond acceptors (Lipinski definition) is 3. The quantitative estimate of drug-likeness (QED) is 0.804. The molecule has 3 heteroatoms. The average Bonchev–Trinajstić information content (AvgIpc) is 2.74. The average molecular weight is 265 g/mol. The monoisotopic (exact) mass is 265 g/mol. The predicted molar refractivity (Wildman–Crippen MR) is 85.0 cm³/mol. The van der Waals surface area contributed by atoms with E-state index in [1.807, 2.05) is 31.5 Å². The van der Waals surface area contributed by atoms with Gasteiger partial charge in [0.25, 0.3) is 0 Å². The topological polar surface area (TPSA) is 28.0 Å². The van der Waals surface area contributed by atoms with E-state index in [4.69, 9.17) is 4.99 Å². The van der Waals surface area contributed by atoms with Gasteiger partial charge in [-0.15, -0.1) is 0 Å². The molecule has 2 aliphatic rings. The van der Waals surface area contributed by atoms with Crippen LogP contribution in [-0.2, 0) is 0 Å². The first kappa shape index (κ1) is 12.9. The van der Waals surface area contributed by atoms with Crippen LogP contribution in [0.15, 0.2) is 53.2 Å². The van der Waals surface area contributed by atoms with Crippen LogP contribution >= 0.6 is 0 Å². The first-order valence-electron chi connectivity index (χ1n) is 6.96. The standard InChI is InChI=1S/C17H19N3/c1-11(2)14-7-5-6-8-15(14)16-17-19-12(3)13(4)20(17)10-9-18-16/h5-10,12-13H,1H2,2-4H3. The Kier molecular flexibility index (Phi) is 3.05. The number of allylic oxidation sites excluding steroid dienone is 1. The van der Waals surface area contributed by atoms with Crippen molar-refractivity contribution in [3.63, 3.8) is 0 Å². The second kappa shape index (κ2) is 4.75. The van der Waals surface area contributed by atoms with Crippen LogP contribution in [0.25, 0.3) is 5.57 Å². The molecular formula is C17H19N3. The Morgan fingerprint density at radius 1 is 1.25 bits per heavy atom. The Bertz CT molecular complexity index is 652. The van der Waals surface area contributed by atoms with Gasteiger partial charge < -0.3 is 4.90 Å². The summed E-state index contributed by atoms with van der Waals surface area (Å²) in [5.41, 5.74) is 4.23. The molecule has 0 saturated carbocycles. The Morgan fingerprint density at radius 3 is 2.75 bits per heavy atom. The summed E-state index contributed by atoms with van der Waals surface area (Å²) in [5, 5.41) is 0. The van der Waals surface area contributed by atoms with Gasteiger partial charge in [-0.25, -0.2) is 0 Å². The molecule has 0 amide bonds. The van der Waals surface area contributed by atoms with Gasteiger partial charge in [-0.1, -0.05) is 36.4 Å². The molecule has 0 bridgehead atoms. The van der Waals surface area contributed by atoms with Crippen LogP contribution in [0.2, 0.25) is 0 Å². The van der Waals surface area contributed by atoms with E-state index >= 15 is 0 Å². The highest BCUT2D eigenvalue weighted by Gasteiger charge is 2.33. The van der Waals surface area contributed by atoms with E-state index in [2.05, 4.69) is 42.5 Å². The van der Waals surface area contributed by atoms with Gasteiger partial charge in [-0.2, -0.15) is 0 Å². The van der Waals surface area contributed by atoms with Crippen molar-refractivity contribution in [2.75, 3.05) is 0 Å². The molecule has 20 heavy (non-hydrogen) atoms. The highest BCUT2D eigenvalue weighted by atomic mass is 15.3. The molecule has 0 saturated heterocycles. The lowest BCUT2D eigenvalue weighted by Crippen LogP contribution is -2.38. The lowest BCUT2D eigenvalue weighted by atomic mass is 9.97. The molecule has 2 atom stereocenters. The molecule has 2 heterocycles. The number of aliphatic imine (C=N–C) groups is 2. The third-order valence-electron chi connectivity index (χ3n) is 3.99. The largest absolute Gasteiger partial charge is 0.325 e. The lowest BCUT2D eigenvalue weighted by Gasteiger charge is -2.26. The molecule has 3 nitrogen and oxygen atoms in total. The van der Waals surface area contributed by atoms with Crippen molar-refractivity contribution < 1.29 is 0 Å². The minimum absolute atomic E-state index is 0.287. The van der Waals surface area contributed by atoms with Gasteiger partial charge in [0.05, 0.1) is 12.1 Å². The van der Waals surface area contributed by atoms with Crippen molar-refractivity contribution in [3.05, 3.63) is 54.4 Å². The molecule has 0 aromatic heterocycles. The molecule has 0 N–H and O–H groups in total. The van der Waals surface area contributed by atoms with Gasteiger partial charge in [0.15, 0.2) is 5.84 Å². The zero-order chi connectivity index (χ0) is 14.3. The van der Waals surface area contributed by atoms with Gasteiger partial charge in [0.2, 0.25) is 0 Å². The number of benzene rings is 1. The molecular weight excluding hydrogens is 246 g/mol. The summed E-state index contributed by atoms with van der Waals surface area (Å²) in [4.78, 5) is 11.6. The third-order valence-corrected chi connectivity index (χ3v) is 3.99. The summed E-state index contributed by atoms with van der Waals surface area (Å²) in [7, 11) is 0. The van der Waals surface area contributed by atoms with Crippen molar-refractivity contribution in [1.29, 1.82) is 0 Å². The van der Waals surface area contributed by atoms with Crippen molar-refractivity contribution in [2.24, 2.45) is 9.98 Å². The highest BCUT2D eigenvalue weighted by molar-refractivity contribution is 6.49. The number of nitrogens with zero attached hydrogens (tertiary/aromatic N) is 3. The third kappa shape index (κ3) is 1.90. The summed E-state index contributed by atoms with van der Waals surface area (Å²) in [6, 6.07) is 8.92. The van der Waals surface area contributed by atoms with Crippen LogP contribution in [-0.4, -0.2) is 28.5 Å². The summed E-state index contributed by atoms with van der Waals surface area (Å²) in [6.45, 7) is 10.4. The number of rotatable bonds is 2. The summed E-state index contributed by atoms with van der Waals surface area (Å²) in [6.07, 6.45) is 3.87. The highest BCUT2D eigenvalue weighted by Crippen LogP contribution is 2.26. The van der Waals surface area contributed by atoms with Crippen LogP contribution in [0.3, 0.4) is 0 Å². The molecule has 0 aliphatic carbocycles. The van der Waals surface area contributed by atoms with Crippen LogP contribution in [0.5, 0.6) is 0 Å². The Balaban J connectivity index is 2.12. The smallest absolute Gasteiger partial charge is 0.155 e. The maximum Gasteiger partial charge on any atom is 0.155 e. The Morgan fingerprint density at radius 2 is 2.00 bits per heavy atom. The van der Waals surface area contributed by atoms with E-state index < -0.39 is 0 Å². The molecule has 0 spiro atoms. The summed E-state index contributed by atoms with van der Waals surface area (Å²) in [5.74, 6) is 0.973. The Hall–Kier alpha value is -2.16. The molecule has 1 aromatic carbocycles. The van der Waals surface area contributed by atoms with Crippen LogP contribution in [0, 0.1) is 0 Å². The minimum atomic E-state index is 0.287. The van der Waals surface area contributed by atoms with Crippen LogP contribution in [0.1, 0.15) is 31.9 Å². The van der Waals surface area contributed by atoms with Crippen molar-refractivity contribution in [3.8, 4) is 0 Å². The van der Waals surface area contributed by atoms with Gasteiger partial charge >= 0.3 is 0 Å². The van der Waals surface area contributed by atoms with Gasteiger partial charge in [-0.05, 0) is 26.3 Å². The molecule has 0 fully saturated rings. The molecule has 102 valence electrons. The normalized spacial score (nSPS) is 24.2. The molecule has 1 aromatic rings. The zero-order valence-electron chi connectivity index (χ0n) is 12.2. The molecule has 0 radical (unpaired) electrons. The second-order valence-electron chi connectivity index (χ2n) is 5.44. The number of amidine groups is 1. The summed E-state index contributed by atoms with van der Waals surface area (Å²) >= 11 is 0. The van der Waals surface area contributed by atoms with E-state index in [0.717, 1.165) is 28.2 Å². The van der Waals surface area contributed by atoms with E-state index in [1.54, 1.807) is 0 Å². The fourth-order valence-electron chi connectivity index (χ4n) is 2.67. The maximum atomic E-state index is 4.78. The molecule has 3 rings (SSSR count). The van der Waals surface area contributed by atoms with Crippen LogP contribution in [0.4, 0.5) is 0 Å². The second-order valence-corrected chi connectivity index (χ2v) is 5.44. The van der Waals surface area contributed by atoms with E-state index in [-0.39, 0.29) is 6.04 Å². The first-order chi connectivity index (χ1) is 9.59. The van der Waals surface area contributed by atoms with Gasteiger partial charge in [-0.3, -0.25) is 9.98 Å². The first-order valence-corrected chi connectivity index (χ1v) is 6.96. The number of fused-ring (bicyclic) bond motifs is 1. The van der Waals surface area contributed by atoms with E-state index in [1.165, 1.54) is 0 Å². The van der Waals surface area contributed by atoms with E-state index in [0.29, 0.717) is 6.04 Å². The van der Waals surface area contributed by atoms with Crippen LogP contribution < -0.4 is 0 Å². The maximum absolute atomic E-state index is 4.78. The predicted octanol–water partition coefficient (Wildman–Crippen LogP) is 3.48. The number of hydrogen-bond donors (Lipinski definition) is 0. The zero-order valence-corrected chi connectivity index (χ0v) is 12.2. The summed E-state index contributed by atoms with van der Waals surface area (Å²) < 4.78 is 0. The minimum Gasteiger partial charge on any atom is -0.325 e. The fourth-order valence-corrected chi connectivity index (χ4v) is 2.67. The molecule has 2 aliphatic heterocycles. The Labute approximate surface area is 120 Å². The fraction of sp³-hybridized carbons (Fsp3) is 0.294. The van der Waals surface area contributed by atoms with Gasteiger partial charge in [0.1, 0.15) is 5.71 Å². The van der Waals surface area contributed by atoms with E-state index in [9.17, 15) is 0 Å². The SMILES string of the molecule is C=C(C)c1ccccc1C1=NC=CN2C1=NC(C)C2C. The van der Waals surface area contributed by atoms with Crippen molar-refractivity contribution in [1.82, 2.24) is 4.90 Å². The lowest BCUT2D eigenvalue weighted by molar-refractivity contribution is 0.421.